The molecular weight excluding hydrogens is 395 g/mol. The minimum Gasteiger partial charge on any atom is -0.385 e. The van der Waals surface area contributed by atoms with E-state index in [0.29, 0.717) is 0 Å². The van der Waals surface area contributed by atoms with E-state index in [4.69, 9.17) is 9.47 Å². The van der Waals surface area contributed by atoms with Gasteiger partial charge in [0.2, 0.25) is 0 Å². The highest BCUT2D eigenvalue weighted by Gasteiger charge is 2.08. The number of hydrogen-bond acceptors (Lipinski definition) is 4. The van der Waals surface area contributed by atoms with Crippen LogP contribution >= 0.6 is 24.0 Å². The molecule has 6 nitrogen and oxygen atoms in total. The zero-order valence-electron chi connectivity index (χ0n) is 14.1. The number of guanidine groups is 1. The van der Waals surface area contributed by atoms with Gasteiger partial charge in [-0.15, -0.1) is 24.0 Å². The van der Waals surface area contributed by atoms with Crippen LogP contribution in [-0.4, -0.2) is 77.1 Å². The highest BCUT2D eigenvalue weighted by molar-refractivity contribution is 14.0. The molecule has 0 saturated carbocycles. The first kappa shape index (κ1) is 21.9. The number of nitrogens with one attached hydrogen (secondary N) is 2. The molecule has 1 fully saturated rings. The minimum absolute atomic E-state index is 0. The summed E-state index contributed by atoms with van der Waals surface area (Å²) in [7, 11) is 1.72. The molecule has 0 spiro atoms. The number of unbranched alkanes of at least 4 members (excludes halogenated alkanes) is 1. The van der Waals surface area contributed by atoms with E-state index in [-0.39, 0.29) is 24.0 Å². The van der Waals surface area contributed by atoms with Crippen molar-refractivity contribution in [3.8, 4) is 0 Å². The molecule has 132 valence electrons. The molecule has 1 rings (SSSR count). The van der Waals surface area contributed by atoms with Gasteiger partial charge < -0.3 is 20.1 Å². The Bertz CT molecular complexity index is 274. The van der Waals surface area contributed by atoms with Crippen molar-refractivity contribution in [1.82, 2.24) is 15.5 Å². The number of rotatable bonds is 10. The number of halogens is 1. The van der Waals surface area contributed by atoms with Crippen molar-refractivity contribution in [2.24, 2.45) is 4.99 Å². The van der Waals surface area contributed by atoms with Crippen LogP contribution < -0.4 is 10.6 Å². The number of hydrogen-bond donors (Lipinski definition) is 2. The quantitative estimate of drug-likeness (QED) is 0.238. The van der Waals surface area contributed by atoms with E-state index in [1.165, 1.54) is 19.4 Å². The fourth-order valence-corrected chi connectivity index (χ4v) is 2.23. The van der Waals surface area contributed by atoms with Crippen molar-refractivity contribution in [1.29, 1.82) is 0 Å². The second-order valence-corrected chi connectivity index (χ2v) is 5.19. The molecule has 0 bridgehead atoms. The van der Waals surface area contributed by atoms with Crippen LogP contribution in [-0.2, 0) is 9.47 Å². The van der Waals surface area contributed by atoms with Crippen LogP contribution in [0.25, 0.3) is 0 Å². The van der Waals surface area contributed by atoms with Crippen molar-refractivity contribution in [3.05, 3.63) is 0 Å². The maximum Gasteiger partial charge on any atom is 0.191 e. The molecule has 0 amide bonds. The summed E-state index contributed by atoms with van der Waals surface area (Å²) in [6.45, 7) is 10.6. The molecule has 2 N–H and O–H groups in total. The fraction of sp³-hybridized carbons (Fsp3) is 0.933. The Kier molecular flexibility index (Phi) is 15.7. The molecule has 1 saturated heterocycles. The fourth-order valence-electron chi connectivity index (χ4n) is 2.23. The highest BCUT2D eigenvalue weighted by Crippen LogP contribution is 1.99. The third-order valence-electron chi connectivity index (χ3n) is 3.42. The third kappa shape index (κ3) is 11.4. The van der Waals surface area contributed by atoms with Gasteiger partial charge in [-0.25, -0.2) is 0 Å². The van der Waals surface area contributed by atoms with E-state index in [1.807, 2.05) is 0 Å². The van der Waals surface area contributed by atoms with E-state index in [0.717, 1.165) is 64.9 Å². The average molecular weight is 428 g/mol. The lowest BCUT2D eigenvalue weighted by atomic mass is 10.3. The van der Waals surface area contributed by atoms with Gasteiger partial charge in [-0.05, 0) is 32.7 Å². The summed E-state index contributed by atoms with van der Waals surface area (Å²) < 4.78 is 10.4. The van der Waals surface area contributed by atoms with Gasteiger partial charge in [0.05, 0.1) is 13.2 Å². The lowest BCUT2D eigenvalue weighted by molar-refractivity contribution is 0.0372. The smallest absolute Gasteiger partial charge is 0.191 e. The maximum absolute atomic E-state index is 5.35. The van der Waals surface area contributed by atoms with Crippen LogP contribution in [0.3, 0.4) is 0 Å². The van der Waals surface area contributed by atoms with Gasteiger partial charge in [-0.2, -0.15) is 0 Å². The van der Waals surface area contributed by atoms with Gasteiger partial charge >= 0.3 is 0 Å². The van der Waals surface area contributed by atoms with E-state index < -0.39 is 0 Å². The average Bonchev–Trinajstić information content (AvgIpc) is 2.52. The van der Waals surface area contributed by atoms with Gasteiger partial charge in [-0.3, -0.25) is 9.89 Å². The Morgan fingerprint density at radius 2 is 1.95 bits per heavy atom. The van der Waals surface area contributed by atoms with Crippen LogP contribution in [0.1, 0.15) is 26.2 Å². The predicted molar refractivity (Wildman–Crippen MR) is 102 cm³/mol. The number of nitrogens with zero attached hydrogens (tertiary/aromatic N) is 2. The van der Waals surface area contributed by atoms with Crippen molar-refractivity contribution in [3.63, 3.8) is 0 Å². The Morgan fingerprint density at radius 3 is 2.64 bits per heavy atom. The molecule has 0 aromatic rings. The zero-order valence-corrected chi connectivity index (χ0v) is 16.4. The van der Waals surface area contributed by atoms with Crippen LogP contribution in [0, 0.1) is 0 Å². The number of ether oxygens (including phenoxy) is 2. The first-order chi connectivity index (χ1) is 10.4. The van der Waals surface area contributed by atoms with E-state index in [2.05, 4.69) is 27.4 Å². The summed E-state index contributed by atoms with van der Waals surface area (Å²) >= 11 is 0. The van der Waals surface area contributed by atoms with Gasteiger partial charge in [0.15, 0.2) is 5.96 Å². The Morgan fingerprint density at radius 1 is 1.18 bits per heavy atom. The van der Waals surface area contributed by atoms with Crippen molar-refractivity contribution in [2.75, 3.05) is 66.2 Å². The summed E-state index contributed by atoms with van der Waals surface area (Å²) in [5.74, 6) is 0.917. The second-order valence-electron chi connectivity index (χ2n) is 5.19. The third-order valence-corrected chi connectivity index (χ3v) is 3.42. The normalized spacial score (nSPS) is 16.2. The lowest BCUT2D eigenvalue weighted by Crippen LogP contribution is -2.39. The van der Waals surface area contributed by atoms with Crippen molar-refractivity contribution in [2.45, 2.75) is 26.2 Å². The Labute approximate surface area is 152 Å². The Balaban J connectivity index is 0.00000441. The first-order valence-electron chi connectivity index (χ1n) is 8.18. The molecule has 0 aromatic carbocycles. The van der Waals surface area contributed by atoms with Gasteiger partial charge in [0, 0.05) is 46.4 Å². The lowest BCUT2D eigenvalue weighted by Gasteiger charge is -2.26. The molecule has 1 heterocycles. The molecule has 0 aromatic heterocycles. The molecule has 0 radical (unpaired) electrons. The number of aliphatic imine (C=N–C) groups is 1. The molecule has 0 unspecified atom stereocenters. The van der Waals surface area contributed by atoms with Crippen LogP contribution in [0.15, 0.2) is 4.99 Å². The molecule has 0 aliphatic carbocycles. The topological polar surface area (TPSA) is 58.1 Å². The summed E-state index contributed by atoms with van der Waals surface area (Å²) in [5, 5.41) is 6.66. The van der Waals surface area contributed by atoms with Gasteiger partial charge in [-0.1, -0.05) is 0 Å². The van der Waals surface area contributed by atoms with Crippen LogP contribution in [0.4, 0.5) is 0 Å². The monoisotopic (exact) mass is 428 g/mol. The summed E-state index contributed by atoms with van der Waals surface area (Å²) in [4.78, 5) is 7.01. The first-order valence-corrected chi connectivity index (χ1v) is 8.18. The second kappa shape index (κ2) is 15.8. The zero-order chi connectivity index (χ0) is 15.2. The van der Waals surface area contributed by atoms with Crippen molar-refractivity contribution < 1.29 is 9.47 Å². The standard InChI is InChI=1S/C15H32N4O2.HI/c1-3-16-15(18-8-6-12-20-2)17-7-4-5-9-19-10-13-21-14-11-19;/h3-14H2,1-2H3,(H2,16,17,18);1H. The molecular formula is C15H33IN4O2. The summed E-state index contributed by atoms with van der Waals surface area (Å²) in [6, 6.07) is 0. The van der Waals surface area contributed by atoms with Gasteiger partial charge in [0.25, 0.3) is 0 Å². The highest BCUT2D eigenvalue weighted by atomic mass is 127. The molecule has 22 heavy (non-hydrogen) atoms. The summed E-state index contributed by atoms with van der Waals surface area (Å²) in [5.41, 5.74) is 0. The number of methoxy groups -OCH3 is 1. The van der Waals surface area contributed by atoms with Crippen LogP contribution in [0.5, 0.6) is 0 Å². The van der Waals surface area contributed by atoms with Crippen LogP contribution in [0.2, 0.25) is 0 Å². The van der Waals surface area contributed by atoms with Gasteiger partial charge in [0.1, 0.15) is 0 Å². The largest absolute Gasteiger partial charge is 0.385 e. The summed E-state index contributed by atoms with van der Waals surface area (Å²) in [6.07, 6.45) is 3.35. The molecule has 1 aliphatic heterocycles. The maximum atomic E-state index is 5.35. The molecule has 7 heteroatoms. The SMILES string of the molecule is CCNC(=NCCCOC)NCCCCN1CCOCC1.I. The van der Waals surface area contributed by atoms with E-state index >= 15 is 0 Å². The molecule has 1 aliphatic rings. The van der Waals surface area contributed by atoms with E-state index in [9.17, 15) is 0 Å². The van der Waals surface area contributed by atoms with E-state index in [1.54, 1.807) is 7.11 Å². The molecule has 0 atom stereocenters. The predicted octanol–water partition coefficient (Wildman–Crippen LogP) is 1.31. The van der Waals surface area contributed by atoms with Crippen molar-refractivity contribution >= 4 is 29.9 Å². The Hall–Kier alpha value is -0.120. The minimum atomic E-state index is 0. The number of morpholine rings is 1.